The van der Waals surface area contributed by atoms with Crippen molar-refractivity contribution >= 4 is 11.7 Å². The zero-order chi connectivity index (χ0) is 11.3. The van der Waals surface area contributed by atoms with Gasteiger partial charge in [0.1, 0.15) is 0 Å². The standard InChI is InChI=1S/C11H16N2O2/c1-9(14)10-5-7-13(8-10)6-3-4-11(15)12-2/h5,7-8H,3-4,6H2,1-2H3,(H,12,15). The highest BCUT2D eigenvalue weighted by molar-refractivity contribution is 5.93. The molecule has 0 saturated heterocycles. The van der Waals surface area contributed by atoms with E-state index in [1.54, 1.807) is 20.0 Å². The van der Waals surface area contributed by atoms with Gasteiger partial charge in [-0.25, -0.2) is 0 Å². The summed E-state index contributed by atoms with van der Waals surface area (Å²) in [4.78, 5) is 22.0. The molecule has 0 atom stereocenters. The average Bonchev–Trinajstić information content (AvgIpc) is 2.66. The van der Waals surface area contributed by atoms with Crippen LogP contribution in [0.3, 0.4) is 0 Å². The van der Waals surface area contributed by atoms with Crippen molar-refractivity contribution in [2.75, 3.05) is 7.05 Å². The summed E-state index contributed by atoms with van der Waals surface area (Å²) in [6.07, 6.45) is 4.97. The Kier molecular flexibility index (Phi) is 4.09. The summed E-state index contributed by atoms with van der Waals surface area (Å²) >= 11 is 0. The lowest BCUT2D eigenvalue weighted by Gasteiger charge is -2.01. The van der Waals surface area contributed by atoms with Crippen molar-refractivity contribution in [3.63, 3.8) is 0 Å². The van der Waals surface area contributed by atoms with Crippen molar-refractivity contribution in [3.05, 3.63) is 24.0 Å². The highest BCUT2D eigenvalue weighted by Gasteiger charge is 2.02. The second-order valence-corrected chi connectivity index (χ2v) is 3.47. The maximum atomic E-state index is 11.0. The van der Waals surface area contributed by atoms with E-state index in [9.17, 15) is 9.59 Å². The lowest BCUT2D eigenvalue weighted by Crippen LogP contribution is -2.17. The molecule has 15 heavy (non-hydrogen) atoms. The highest BCUT2D eigenvalue weighted by atomic mass is 16.1. The second kappa shape index (κ2) is 5.34. The predicted octanol–water partition coefficient (Wildman–Crippen LogP) is 1.22. The molecule has 0 saturated carbocycles. The third-order valence-corrected chi connectivity index (χ3v) is 2.26. The van der Waals surface area contributed by atoms with Crippen LogP contribution in [0.4, 0.5) is 0 Å². The molecule has 1 rings (SSSR count). The van der Waals surface area contributed by atoms with Gasteiger partial charge in [-0.15, -0.1) is 0 Å². The molecule has 0 aromatic carbocycles. The first kappa shape index (κ1) is 11.5. The number of Topliss-reactive ketones (excluding diaryl/α,β-unsaturated/α-hetero) is 1. The summed E-state index contributed by atoms with van der Waals surface area (Å²) in [5.74, 6) is 0.119. The third-order valence-electron chi connectivity index (χ3n) is 2.26. The zero-order valence-corrected chi connectivity index (χ0v) is 9.12. The van der Waals surface area contributed by atoms with Gasteiger partial charge in [0.05, 0.1) is 0 Å². The first-order valence-corrected chi connectivity index (χ1v) is 5.01. The monoisotopic (exact) mass is 208 g/mol. The molecule has 0 fully saturated rings. The summed E-state index contributed by atoms with van der Waals surface area (Å²) in [5, 5.41) is 2.57. The molecule has 0 unspecified atom stereocenters. The lowest BCUT2D eigenvalue weighted by molar-refractivity contribution is -0.120. The van der Waals surface area contributed by atoms with Crippen LogP contribution in [0.1, 0.15) is 30.1 Å². The van der Waals surface area contributed by atoms with Crippen LogP contribution in [0.25, 0.3) is 0 Å². The molecular formula is C11H16N2O2. The van der Waals surface area contributed by atoms with Crippen molar-refractivity contribution in [2.45, 2.75) is 26.3 Å². The fourth-order valence-corrected chi connectivity index (χ4v) is 1.34. The molecule has 0 bridgehead atoms. The number of nitrogens with one attached hydrogen (secondary N) is 1. The largest absolute Gasteiger partial charge is 0.359 e. The summed E-state index contributed by atoms with van der Waals surface area (Å²) in [6.45, 7) is 2.31. The smallest absolute Gasteiger partial charge is 0.219 e. The van der Waals surface area contributed by atoms with Gasteiger partial charge in [0.15, 0.2) is 5.78 Å². The fraction of sp³-hybridized carbons (Fsp3) is 0.455. The number of hydrogen-bond donors (Lipinski definition) is 1. The lowest BCUT2D eigenvalue weighted by atomic mass is 10.2. The zero-order valence-electron chi connectivity index (χ0n) is 9.12. The van der Waals surface area contributed by atoms with E-state index in [0.29, 0.717) is 6.42 Å². The molecule has 1 amide bonds. The van der Waals surface area contributed by atoms with E-state index in [4.69, 9.17) is 0 Å². The molecule has 1 N–H and O–H groups in total. The van der Waals surface area contributed by atoms with Gasteiger partial charge in [0.25, 0.3) is 0 Å². The maximum absolute atomic E-state index is 11.0. The van der Waals surface area contributed by atoms with Crippen molar-refractivity contribution in [1.82, 2.24) is 9.88 Å². The Hall–Kier alpha value is -1.58. The van der Waals surface area contributed by atoms with E-state index in [0.717, 1.165) is 18.5 Å². The Labute approximate surface area is 89.3 Å². The van der Waals surface area contributed by atoms with Crippen LogP contribution in [0.2, 0.25) is 0 Å². The van der Waals surface area contributed by atoms with Crippen LogP contribution in [-0.2, 0) is 11.3 Å². The van der Waals surface area contributed by atoms with Gasteiger partial charge >= 0.3 is 0 Å². The van der Waals surface area contributed by atoms with Crippen LogP contribution in [0, 0.1) is 0 Å². The number of aryl methyl sites for hydroxylation is 1. The van der Waals surface area contributed by atoms with E-state index in [1.807, 2.05) is 17.0 Å². The average molecular weight is 208 g/mol. The van der Waals surface area contributed by atoms with Crippen molar-refractivity contribution in [1.29, 1.82) is 0 Å². The molecule has 0 aliphatic heterocycles. The number of rotatable bonds is 5. The van der Waals surface area contributed by atoms with E-state index in [-0.39, 0.29) is 11.7 Å². The summed E-state index contributed by atoms with van der Waals surface area (Å²) in [7, 11) is 1.63. The molecule has 1 aromatic heterocycles. The molecule has 1 heterocycles. The van der Waals surface area contributed by atoms with E-state index >= 15 is 0 Å². The molecule has 82 valence electrons. The van der Waals surface area contributed by atoms with Gasteiger partial charge in [-0.1, -0.05) is 0 Å². The first-order valence-electron chi connectivity index (χ1n) is 5.01. The van der Waals surface area contributed by atoms with Crippen LogP contribution >= 0.6 is 0 Å². The molecular weight excluding hydrogens is 192 g/mol. The van der Waals surface area contributed by atoms with Crippen LogP contribution in [0.15, 0.2) is 18.5 Å². The van der Waals surface area contributed by atoms with E-state index < -0.39 is 0 Å². The van der Waals surface area contributed by atoms with Crippen LogP contribution < -0.4 is 5.32 Å². The minimum absolute atomic E-state index is 0.0500. The van der Waals surface area contributed by atoms with Gasteiger partial charge in [0, 0.05) is 38.0 Å². The SMILES string of the molecule is CNC(=O)CCCn1ccc(C(C)=O)c1. The highest BCUT2D eigenvalue weighted by Crippen LogP contribution is 2.04. The van der Waals surface area contributed by atoms with Gasteiger partial charge < -0.3 is 9.88 Å². The number of amides is 1. The van der Waals surface area contributed by atoms with Crippen molar-refractivity contribution in [3.8, 4) is 0 Å². The van der Waals surface area contributed by atoms with E-state index in [2.05, 4.69) is 5.32 Å². The van der Waals surface area contributed by atoms with Crippen molar-refractivity contribution in [2.24, 2.45) is 0 Å². The molecule has 1 aromatic rings. The third kappa shape index (κ3) is 3.58. The Morgan fingerprint density at radius 1 is 1.47 bits per heavy atom. The topological polar surface area (TPSA) is 51.1 Å². The van der Waals surface area contributed by atoms with Gasteiger partial charge in [-0.3, -0.25) is 9.59 Å². The van der Waals surface area contributed by atoms with Gasteiger partial charge in [-0.05, 0) is 19.4 Å². The summed E-state index contributed by atoms with van der Waals surface area (Å²) in [6, 6.07) is 1.79. The Balaban J connectivity index is 2.38. The Bertz CT molecular complexity index is 355. The molecule has 4 nitrogen and oxygen atoms in total. The van der Waals surface area contributed by atoms with E-state index in [1.165, 1.54) is 0 Å². The summed E-state index contributed by atoms with van der Waals surface area (Å²) < 4.78 is 1.93. The van der Waals surface area contributed by atoms with Gasteiger partial charge in [0.2, 0.25) is 5.91 Å². The van der Waals surface area contributed by atoms with Crippen molar-refractivity contribution < 1.29 is 9.59 Å². The molecule has 0 aliphatic carbocycles. The minimum Gasteiger partial charge on any atom is -0.359 e. The van der Waals surface area contributed by atoms with Crippen LogP contribution in [0.5, 0.6) is 0 Å². The summed E-state index contributed by atoms with van der Waals surface area (Å²) in [5.41, 5.74) is 0.718. The normalized spacial score (nSPS) is 10.0. The number of ketones is 1. The second-order valence-electron chi connectivity index (χ2n) is 3.47. The number of carbonyl (C=O) groups excluding carboxylic acids is 2. The fourth-order valence-electron chi connectivity index (χ4n) is 1.34. The Morgan fingerprint density at radius 2 is 2.20 bits per heavy atom. The maximum Gasteiger partial charge on any atom is 0.219 e. The number of hydrogen-bond acceptors (Lipinski definition) is 2. The molecule has 0 aliphatic rings. The number of nitrogens with zero attached hydrogens (tertiary/aromatic N) is 1. The first-order chi connectivity index (χ1) is 7.13. The number of aromatic nitrogens is 1. The van der Waals surface area contributed by atoms with Crippen LogP contribution in [-0.4, -0.2) is 23.3 Å². The molecule has 0 spiro atoms. The molecule has 4 heteroatoms. The molecule has 0 radical (unpaired) electrons. The Morgan fingerprint density at radius 3 is 2.73 bits per heavy atom. The quantitative estimate of drug-likeness (QED) is 0.739. The predicted molar refractivity (Wildman–Crippen MR) is 57.7 cm³/mol. The van der Waals surface area contributed by atoms with Gasteiger partial charge in [-0.2, -0.15) is 0 Å². The number of carbonyl (C=O) groups is 2. The minimum atomic E-state index is 0.0500.